The third-order valence-corrected chi connectivity index (χ3v) is 0.885. The minimum absolute atomic E-state index is 0.146. The van der Waals surface area contributed by atoms with Crippen LogP contribution >= 0.6 is 0 Å². The Bertz CT molecular complexity index is 160. The summed E-state index contributed by atoms with van der Waals surface area (Å²) in [5, 5.41) is 8.73. The Morgan fingerprint density at radius 1 is 1.70 bits per heavy atom. The van der Waals surface area contributed by atoms with Gasteiger partial charge in [-0.2, -0.15) is 0 Å². The van der Waals surface area contributed by atoms with E-state index in [1.807, 2.05) is 6.92 Å². The first-order valence-corrected chi connectivity index (χ1v) is 3.36. The highest BCUT2D eigenvalue weighted by Gasteiger charge is 2.00. The zero-order valence-electron chi connectivity index (χ0n) is 6.35. The second-order valence-corrected chi connectivity index (χ2v) is 2.13. The Hall–Kier alpha value is -0.810. The zero-order valence-corrected chi connectivity index (χ0v) is 6.35. The van der Waals surface area contributed by atoms with Gasteiger partial charge in [-0.1, -0.05) is 12.8 Å². The maximum atomic E-state index is 10.7. The minimum atomic E-state index is -0.571. The monoisotopic (exact) mass is 140 g/mol. The van der Waals surface area contributed by atoms with Gasteiger partial charge in [-0.15, -0.1) is 0 Å². The molecule has 0 rings (SSSR count). The minimum Gasteiger partial charge on any atom is -0.393 e. The Labute approximate surface area is 61.2 Å². The van der Waals surface area contributed by atoms with Crippen LogP contribution in [0.1, 0.15) is 26.7 Å². The molecule has 0 aliphatic carbocycles. The lowest BCUT2D eigenvalue weighted by Gasteiger charge is -1.95. The van der Waals surface area contributed by atoms with Gasteiger partial charge in [0.2, 0.25) is 5.78 Å². The van der Waals surface area contributed by atoms with Crippen LogP contribution in [0.15, 0.2) is 0 Å². The quantitative estimate of drug-likeness (QED) is 0.453. The van der Waals surface area contributed by atoms with Gasteiger partial charge in [-0.05, 0) is 12.8 Å². The van der Waals surface area contributed by atoms with Crippen molar-refractivity contribution < 1.29 is 9.90 Å². The summed E-state index contributed by atoms with van der Waals surface area (Å²) >= 11 is 0. The molecule has 10 heavy (non-hydrogen) atoms. The van der Waals surface area contributed by atoms with Gasteiger partial charge in [-0.3, -0.25) is 4.79 Å². The topological polar surface area (TPSA) is 37.3 Å². The average Bonchev–Trinajstić information content (AvgIpc) is 1.82. The smallest absolute Gasteiger partial charge is 0.208 e. The number of rotatable bonds is 2. The highest BCUT2D eigenvalue weighted by atomic mass is 16.3. The van der Waals surface area contributed by atoms with E-state index in [4.69, 9.17) is 5.11 Å². The molecule has 0 heterocycles. The second kappa shape index (κ2) is 5.01. The molecule has 2 nitrogen and oxygen atoms in total. The third kappa shape index (κ3) is 5.33. The molecule has 1 unspecified atom stereocenters. The van der Waals surface area contributed by atoms with Crippen LogP contribution in [-0.2, 0) is 4.79 Å². The number of carbonyl (C=O) groups is 1. The van der Waals surface area contributed by atoms with Crippen LogP contribution in [0.4, 0.5) is 0 Å². The molecule has 56 valence electrons. The summed E-state index contributed by atoms with van der Waals surface area (Å²) in [5.74, 6) is 4.87. The van der Waals surface area contributed by atoms with Crippen molar-refractivity contribution in [3.8, 4) is 11.8 Å². The molecule has 0 saturated carbocycles. The highest BCUT2D eigenvalue weighted by Crippen LogP contribution is 1.89. The fourth-order valence-corrected chi connectivity index (χ4v) is 0.506. The lowest BCUT2D eigenvalue weighted by Crippen LogP contribution is -2.06. The zero-order chi connectivity index (χ0) is 7.98. The Balaban J connectivity index is 3.64. The summed E-state index contributed by atoms with van der Waals surface area (Å²) < 4.78 is 0. The first-order chi connectivity index (χ1) is 4.66. The van der Waals surface area contributed by atoms with Crippen molar-refractivity contribution in [1.29, 1.82) is 0 Å². The van der Waals surface area contributed by atoms with Gasteiger partial charge < -0.3 is 5.11 Å². The molecule has 0 aliphatic heterocycles. The van der Waals surface area contributed by atoms with Gasteiger partial charge in [-0.25, -0.2) is 0 Å². The average molecular weight is 140 g/mol. The van der Waals surface area contributed by atoms with Crippen LogP contribution in [0.5, 0.6) is 0 Å². The number of carbonyl (C=O) groups excluding carboxylic acids is 1. The lowest BCUT2D eigenvalue weighted by molar-refractivity contribution is -0.115. The van der Waals surface area contributed by atoms with E-state index in [2.05, 4.69) is 11.8 Å². The first-order valence-electron chi connectivity index (χ1n) is 3.36. The van der Waals surface area contributed by atoms with Crippen molar-refractivity contribution in [2.24, 2.45) is 0 Å². The summed E-state index contributed by atoms with van der Waals surface area (Å²) in [7, 11) is 0. The van der Waals surface area contributed by atoms with E-state index in [0.717, 1.165) is 0 Å². The molecule has 0 aliphatic rings. The molecule has 0 aromatic heterocycles. The second-order valence-electron chi connectivity index (χ2n) is 2.13. The summed E-state index contributed by atoms with van der Waals surface area (Å²) in [6.07, 6.45) is 0.261. The molecule has 1 N–H and O–H groups in total. The fourth-order valence-electron chi connectivity index (χ4n) is 0.506. The van der Waals surface area contributed by atoms with Gasteiger partial charge in [0.1, 0.15) is 0 Å². The Morgan fingerprint density at radius 3 is 2.70 bits per heavy atom. The van der Waals surface area contributed by atoms with Crippen molar-refractivity contribution in [3.63, 3.8) is 0 Å². The Morgan fingerprint density at radius 2 is 2.30 bits per heavy atom. The predicted octanol–water partition coefficient (Wildman–Crippen LogP) is 0.740. The molecule has 0 amide bonds. The standard InChI is InChI=1S/C8H12O2/c1-3-4-5-8(10)6-7(2)9/h7,9H,3,6H2,1-2H3. The van der Waals surface area contributed by atoms with Crippen LogP contribution in [0.3, 0.4) is 0 Å². The fraction of sp³-hybridized carbons (Fsp3) is 0.625. The number of ketones is 1. The van der Waals surface area contributed by atoms with Gasteiger partial charge in [0.05, 0.1) is 6.10 Å². The van der Waals surface area contributed by atoms with E-state index >= 15 is 0 Å². The molecule has 1 atom stereocenters. The van der Waals surface area contributed by atoms with Gasteiger partial charge >= 0.3 is 0 Å². The first kappa shape index (κ1) is 9.19. The lowest BCUT2D eigenvalue weighted by atomic mass is 10.2. The van der Waals surface area contributed by atoms with E-state index in [9.17, 15) is 4.79 Å². The van der Waals surface area contributed by atoms with Gasteiger partial charge in [0.25, 0.3) is 0 Å². The highest BCUT2D eigenvalue weighted by molar-refractivity contribution is 5.95. The van der Waals surface area contributed by atoms with Gasteiger partial charge in [0, 0.05) is 12.8 Å². The van der Waals surface area contributed by atoms with Crippen LogP contribution < -0.4 is 0 Å². The molecular weight excluding hydrogens is 128 g/mol. The van der Waals surface area contributed by atoms with Crippen molar-refractivity contribution in [3.05, 3.63) is 0 Å². The van der Waals surface area contributed by atoms with E-state index in [1.54, 1.807) is 6.92 Å². The Kier molecular flexibility index (Phi) is 4.61. The van der Waals surface area contributed by atoms with Crippen molar-refractivity contribution >= 4 is 5.78 Å². The van der Waals surface area contributed by atoms with Crippen LogP contribution in [0.25, 0.3) is 0 Å². The number of hydrogen-bond acceptors (Lipinski definition) is 2. The maximum Gasteiger partial charge on any atom is 0.208 e. The van der Waals surface area contributed by atoms with Crippen LogP contribution in [0.2, 0.25) is 0 Å². The summed E-state index contributed by atoms with van der Waals surface area (Å²) in [4.78, 5) is 10.7. The summed E-state index contributed by atoms with van der Waals surface area (Å²) in [5.41, 5.74) is 0. The van der Waals surface area contributed by atoms with E-state index in [1.165, 1.54) is 0 Å². The number of Topliss-reactive ketones (excluding diaryl/α,β-unsaturated/α-hetero) is 1. The third-order valence-electron chi connectivity index (χ3n) is 0.885. The molecule has 0 aromatic rings. The molecule has 0 fully saturated rings. The molecule has 0 radical (unpaired) electrons. The summed E-state index contributed by atoms with van der Waals surface area (Å²) in [6, 6.07) is 0. The molecule has 0 saturated heterocycles. The molecule has 0 spiro atoms. The SMILES string of the molecule is CCC#CC(=O)CC(C)O. The predicted molar refractivity (Wildman–Crippen MR) is 39.4 cm³/mol. The van der Waals surface area contributed by atoms with Crippen molar-refractivity contribution in [1.82, 2.24) is 0 Å². The molecule has 0 aromatic carbocycles. The van der Waals surface area contributed by atoms with Crippen molar-refractivity contribution in [2.45, 2.75) is 32.8 Å². The number of hydrogen-bond donors (Lipinski definition) is 1. The number of aliphatic hydroxyl groups is 1. The summed E-state index contributed by atoms with van der Waals surface area (Å²) in [6.45, 7) is 3.45. The molecule has 0 bridgehead atoms. The van der Waals surface area contributed by atoms with E-state index in [-0.39, 0.29) is 12.2 Å². The van der Waals surface area contributed by atoms with Crippen LogP contribution in [0, 0.1) is 11.8 Å². The largest absolute Gasteiger partial charge is 0.393 e. The van der Waals surface area contributed by atoms with E-state index in [0.29, 0.717) is 6.42 Å². The number of aliphatic hydroxyl groups excluding tert-OH is 1. The molecule has 2 heteroatoms. The normalized spacial score (nSPS) is 11.5. The van der Waals surface area contributed by atoms with Crippen molar-refractivity contribution in [2.75, 3.05) is 0 Å². The molecular formula is C8H12O2. The maximum absolute atomic E-state index is 10.7. The van der Waals surface area contributed by atoms with Gasteiger partial charge in [0.15, 0.2) is 0 Å². The van der Waals surface area contributed by atoms with E-state index < -0.39 is 6.10 Å². The van der Waals surface area contributed by atoms with Crippen LogP contribution in [-0.4, -0.2) is 17.0 Å².